The lowest BCUT2D eigenvalue weighted by Crippen LogP contribution is -2.17. The van der Waals surface area contributed by atoms with Crippen LogP contribution in [0.4, 0.5) is 15.8 Å². The van der Waals surface area contributed by atoms with Crippen molar-refractivity contribution in [2.75, 3.05) is 10.5 Å². The van der Waals surface area contributed by atoms with E-state index in [1.165, 1.54) is 18.2 Å². The fourth-order valence-corrected chi connectivity index (χ4v) is 3.82. The molecule has 0 fully saturated rings. The number of rotatable bonds is 3. The Kier molecular flexibility index (Phi) is 4.25. The number of nitrogens with two attached hydrogens (primary N) is 1. The second-order valence-electron chi connectivity index (χ2n) is 4.68. The van der Waals surface area contributed by atoms with Crippen molar-refractivity contribution >= 4 is 37.3 Å². The maximum atomic E-state index is 13.4. The van der Waals surface area contributed by atoms with Crippen LogP contribution in [0.2, 0.25) is 0 Å². The highest BCUT2D eigenvalue weighted by molar-refractivity contribution is 9.10. The van der Waals surface area contributed by atoms with Crippen molar-refractivity contribution in [3.8, 4) is 0 Å². The van der Waals surface area contributed by atoms with Crippen LogP contribution in [-0.2, 0) is 10.0 Å². The molecular formula is C14H14BrFN2O2S. The molecule has 7 heteroatoms. The maximum absolute atomic E-state index is 13.4. The van der Waals surface area contributed by atoms with Gasteiger partial charge in [-0.2, -0.15) is 0 Å². The molecule has 0 unspecified atom stereocenters. The van der Waals surface area contributed by atoms with Gasteiger partial charge in [0.15, 0.2) is 0 Å². The molecule has 0 aliphatic heterocycles. The van der Waals surface area contributed by atoms with Gasteiger partial charge in [0.25, 0.3) is 10.0 Å². The Hall–Kier alpha value is -1.60. The molecule has 2 rings (SSSR count). The van der Waals surface area contributed by atoms with E-state index in [4.69, 9.17) is 5.73 Å². The maximum Gasteiger partial charge on any atom is 0.264 e. The van der Waals surface area contributed by atoms with Crippen LogP contribution in [0.25, 0.3) is 0 Å². The number of aryl methyl sites for hydroxylation is 2. The zero-order valence-electron chi connectivity index (χ0n) is 11.4. The highest BCUT2D eigenvalue weighted by atomic mass is 79.9. The standard InChI is InChI=1S/C14H14BrFN2O2S/c1-8-4-3-5-12(17)14(8)21(19,20)18-13-7-10(15)11(16)6-9(13)2/h3-7,18H,17H2,1-2H3. The summed E-state index contributed by atoms with van der Waals surface area (Å²) < 4.78 is 41.0. The van der Waals surface area contributed by atoms with Gasteiger partial charge in [-0.05, 0) is 59.1 Å². The summed E-state index contributed by atoms with van der Waals surface area (Å²) in [5, 5.41) is 0. The lowest BCUT2D eigenvalue weighted by atomic mass is 10.2. The van der Waals surface area contributed by atoms with E-state index in [2.05, 4.69) is 20.7 Å². The number of anilines is 2. The van der Waals surface area contributed by atoms with Gasteiger partial charge < -0.3 is 5.73 Å². The van der Waals surface area contributed by atoms with Crippen molar-refractivity contribution in [3.63, 3.8) is 0 Å². The predicted octanol–water partition coefficient (Wildman–Crippen LogP) is 3.59. The summed E-state index contributed by atoms with van der Waals surface area (Å²) in [6, 6.07) is 7.51. The molecule has 3 N–H and O–H groups in total. The van der Waals surface area contributed by atoms with Gasteiger partial charge in [-0.1, -0.05) is 12.1 Å². The highest BCUT2D eigenvalue weighted by Crippen LogP contribution is 2.29. The van der Waals surface area contributed by atoms with E-state index in [9.17, 15) is 12.8 Å². The van der Waals surface area contributed by atoms with E-state index >= 15 is 0 Å². The van der Waals surface area contributed by atoms with Crippen molar-refractivity contribution in [1.82, 2.24) is 0 Å². The molecule has 0 heterocycles. The molecule has 0 aliphatic carbocycles. The molecule has 2 aromatic rings. The number of benzene rings is 2. The molecule has 21 heavy (non-hydrogen) atoms. The monoisotopic (exact) mass is 372 g/mol. The van der Waals surface area contributed by atoms with Crippen LogP contribution in [0.5, 0.6) is 0 Å². The summed E-state index contributed by atoms with van der Waals surface area (Å²) in [6.45, 7) is 3.28. The summed E-state index contributed by atoms with van der Waals surface area (Å²) in [6.07, 6.45) is 0. The van der Waals surface area contributed by atoms with Crippen LogP contribution in [0.1, 0.15) is 11.1 Å². The molecule has 112 valence electrons. The molecule has 0 bridgehead atoms. The molecule has 0 amide bonds. The minimum atomic E-state index is -3.85. The van der Waals surface area contributed by atoms with Crippen molar-refractivity contribution in [3.05, 3.63) is 51.7 Å². The Balaban J connectivity index is 2.50. The third-order valence-corrected chi connectivity index (χ3v) is 5.21. The molecular weight excluding hydrogens is 359 g/mol. The van der Waals surface area contributed by atoms with Gasteiger partial charge in [-0.3, -0.25) is 4.72 Å². The second kappa shape index (κ2) is 5.65. The number of hydrogen-bond acceptors (Lipinski definition) is 3. The fourth-order valence-electron chi connectivity index (χ4n) is 1.99. The Morgan fingerprint density at radius 2 is 1.86 bits per heavy atom. The lowest BCUT2D eigenvalue weighted by Gasteiger charge is -2.14. The number of sulfonamides is 1. The minimum Gasteiger partial charge on any atom is -0.398 e. The van der Waals surface area contributed by atoms with E-state index < -0.39 is 15.8 Å². The minimum absolute atomic E-state index is 0.0323. The highest BCUT2D eigenvalue weighted by Gasteiger charge is 2.21. The molecule has 0 spiro atoms. The summed E-state index contributed by atoms with van der Waals surface area (Å²) in [5.74, 6) is -0.453. The molecule has 2 aromatic carbocycles. The van der Waals surface area contributed by atoms with Gasteiger partial charge in [0.1, 0.15) is 10.7 Å². The van der Waals surface area contributed by atoms with Crippen molar-refractivity contribution in [2.24, 2.45) is 0 Å². The van der Waals surface area contributed by atoms with Gasteiger partial charge in [0, 0.05) is 0 Å². The number of nitrogen functional groups attached to an aromatic ring is 1. The Morgan fingerprint density at radius 1 is 1.19 bits per heavy atom. The topological polar surface area (TPSA) is 72.2 Å². The first-order valence-electron chi connectivity index (χ1n) is 6.06. The summed E-state index contributed by atoms with van der Waals surface area (Å²) in [4.78, 5) is 0.0323. The van der Waals surface area contributed by atoms with E-state index in [0.717, 1.165) is 0 Å². The molecule has 0 aliphatic rings. The van der Waals surface area contributed by atoms with E-state index in [1.54, 1.807) is 26.0 Å². The Bertz CT molecular complexity index is 787. The molecule has 0 saturated heterocycles. The van der Waals surface area contributed by atoms with Crippen LogP contribution in [-0.4, -0.2) is 8.42 Å². The quantitative estimate of drug-likeness (QED) is 0.808. The smallest absolute Gasteiger partial charge is 0.264 e. The fraction of sp³-hybridized carbons (Fsp3) is 0.143. The van der Waals surface area contributed by atoms with E-state index in [0.29, 0.717) is 16.8 Å². The summed E-state index contributed by atoms with van der Waals surface area (Å²) in [5.41, 5.74) is 7.25. The van der Waals surface area contributed by atoms with Crippen LogP contribution in [0.3, 0.4) is 0 Å². The van der Waals surface area contributed by atoms with Gasteiger partial charge in [0.05, 0.1) is 15.8 Å². The third-order valence-electron chi connectivity index (χ3n) is 3.02. The first-order valence-corrected chi connectivity index (χ1v) is 8.33. The average molecular weight is 373 g/mol. The second-order valence-corrected chi connectivity index (χ2v) is 7.15. The van der Waals surface area contributed by atoms with Crippen LogP contribution in [0, 0.1) is 19.7 Å². The molecule has 0 saturated carbocycles. The van der Waals surface area contributed by atoms with Crippen molar-refractivity contribution in [2.45, 2.75) is 18.7 Å². The van der Waals surface area contributed by atoms with Gasteiger partial charge in [-0.15, -0.1) is 0 Å². The first kappa shape index (κ1) is 15.8. The molecule has 0 radical (unpaired) electrons. The van der Waals surface area contributed by atoms with Crippen LogP contribution in [0.15, 0.2) is 39.7 Å². The summed E-state index contributed by atoms with van der Waals surface area (Å²) >= 11 is 3.04. The van der Waals surface area contributed by atoms with Crippen LogP contribution < -0.4 is 10.5 Å². The number of nitrogens with one attached hydrogen (secondary N) is 1. The Morgan fingerprint density at radius 3 is 2.48 bits per heavy atom. The largest absolute Gasteiger partial charge is 0.398 e. The van der Waals surface area contributed by atoms with Crippen molar-refractivity contribution < 1.29 is 12.8 Å². The summed E-state index contributed by atoms with van der Waals surface area (Å²) in [7, 11) is -3.85. The zero-order chi connectivity index (χ0) is 15.8. The Labute approximate surface area is 131 Å². The first-order chi connectivity index (χ1) is 9.72. The van der Waals surface area contributed by atoms with Crippen LogP contribution >= 0.6 is 15.9 Å². The molecule has 0 aromatic heterocycles. The van der Waals surface area contributed by atoms with E-state index in [1.807, 2.05) is 0 Å². The predicted molar refractivity (Wildman–Crippen MR) is 85.2 cm³/mol. The lowest BCUT2D eigenvalue weighted by molar-refractivity contribution is 0.600. The van der Waals surface area contributed by atoms with E-state index in [-0.39, 0.29) is 15.1 Å². The van der Waals surface area contributed by atoms with Gasteiger partial charge in [0.2, 0.25) is 0 Å². The molecule has 0 atom stereocenters. The zero-order valence-corrected chi connectivity index (χ0v) is 13.8. The molecule has 4 nitrogen and oxygen atoms in total. The third kappa shape index (κ3) is 3.19. The average Bonchev–Trinajstić information content (AvgIpc) is 2.35. The SMILES string of the molecule is Cc1cc(F)c(Br)cc1NS(=O)(=O)c1c(C)cccc1N. The van der Waals surface area contributed by atoms with Crippen molar-refractivity contribution in [1.29, 1.82) is 0 Å². The normalized spacial score (nSPS) is 11.4. The van der Waals surface area contributed by atoms with Gasteiger partial charge >= 0.3 is 0 Å². The number of hydrogen-bond donors (Lipinski definition) is 2. The number of halogens is 2. The van der Waals surface area contributed by atoms with Gasteiger partial charge in [-0.25, -0.2) is 12.8 Å².